The first-order valence-corrected chi connectivity index (χ1v) is 9.19. The van der Waals surface area contributed by atoms with Gasteiger partial charge in [0.25, 0.3) is 0 Å². The zero-order valence-electron chi connectivity index (χ0n) is 11.9. The van der Waals surface area contributed by atoms with Crippen molar-refractivity contribution < 1.29 is 9.00 Å². The zero-order chi connectivity index (χ0) is 15.2. The van der Waals surface area contributed by atoms with Crippen molar-refractivity contribution in [3.05, 3.63) is 75.5 Å². The van der Waals surface area contributed by atoms with E-state index >= 15 is 0 Å². The second-order valence-corrected chi connectivity index (χ2v) is 6.90. The first kappa shape index (κ1) is 15.7. The van der Waals surface area contributed by atoms with Gasteiger partial charge in [-0.25, -0.2) is 0 Å². The van der Waals surface area contributed by atoms with Gasteiger partial charge in [0, 0.05) is 17.4 Å². The lowest BCUT2D eigenvalue weighted by Gasteiger charge is -2.04. The second kappa shape index (κ2) is 7.38. The Morgan fingerprint density at radius 2 is 1.71 bits per heavy atom. The third-order valence-electron chi connectivity index (χ3n) is 2.95. The molecule has 21 heavy (non-hydrogen) atoms. The Hall–Kier alpha value is -1.65. The Morgan fingerprint density at radius 3 is 2.33 bits per heavy atom. The molecule has 2 aromatic carbocycles. The van der Waals surface area contributed by atoms with Gasteiger partial charge in [-0.15, -0.1) is 11.8 Å². The lowest BCUT2D eigenvalue weighted by atomic mass is 10.0. The minimum atomic E-state index is -1.02. The molecular weight excluding hydrogens is 300 g/mol. The average molecular weight is 316 g/mol. The second-order valence-electron chi connectivity index (χ2n) is 4.44. The summed E-state index contributed by atoms with van der Waals surface area (Å²) >= 11 is 1.46. The summed E-state index contributed by atoms with van der Waals surface area (Å²) in [5.74, 6) is -0.00540. The fraction of sp³-hybridized carbons (Fsp3) is 0.118. The van der Waals surface area contributed by atoms with Crippen molar-refractivity contribution in [3.63, 3.8) is 0 Å². The average Bonchev–Trinajstić information content (AvgIpc) is 2.52. The van der Waals surface area contributed by atoms with E-state index in [0.29, 0.717) is 11.1 Å². The topological polar surface area (TPSA) is 34.1 Å². The van der Waals surface area contributed by atoms with Crippen LogP contribution < -0.4 is 0 Å². The maximum absolute atomic E-state index is 12.4. The smallest absolute Gasteiger partial charge is 0.193 e. The maximum Gasteiger partial charge on any atom is 0.193 e. The number of ketones is 1. The van der Waals surface area contributed by atoms with E-state index in [2.05, 4.69) is 0 Å². The lowest BCUT2D eigenvalue weighted by Crippen LogP contribution is -2.01. The number of rotatable bonds is 5. The van der Waals surface area contributed by atoms with Gasteiger partial charge >= 0.3 is 0 Å². The van der Waals surface area contributed by atoms with Crippen LogP contribution in [0.3, 0.4) is 0 Å². The normalized spacial score (nSPS) is 13.0. The molecule has 0 saturated carbocycles. The van der Waals surface area contributed by atoms with Crippen molar-refractivity contribution in [3.8, 4) is 0 Å². The van der Waals surface area contributed by atoms with E-state index in [1.54, 1.807) is 24.5 Å². The largest absolute Gasteiger partial charge is 0.289 e. The van der Waals surface area contributed by atoms with Crippen LogP contribution in [0, 0.1) is 0 Å². The molecule has 2 rings (SSSR count). The van der Waals surface area contributed by atoms with Gasteiger partial charge in [0.2, 0.25) is 0 Å². The van der Waals surface area contributed by atoms with Crippen molar-refractivity contribution in [1.29, 1.82) is 0 Å². The molecule has 0 saturated heterocycles. The summed E-state index contributed by atoms with van der Waals surface area (Å²) in [6.45, 7) is 0. The Morgan fingerprint density at radius 1 is 1.05 bits per heavy atom. The first-order chi connectivity index (χ1) is 10.1. The standard InChI is InChI=1S/C17H16O2S2/c1-20-16(21(2)19)12-13-7-6-10-15(11-13)17(18)14-8-4-3-5-9-14/h3-12H,1-2H3/b16-12-. The van der Waals surface area contributed by atoms with Crippen LogP contribution in [0.2, 0.25) is 0 Å². The molecule has 108 valence electrons. The summed E-state index contributed by atoms with van der Waals surface area (Å²) in [6, 6.07) is 16.6. The van der Waals surface area contributed by atoms with Gasteiger partial charge in [-0.05, 0) is 24.0 Å². The molecule has 2 nitrogen and oxygen atoms in total. The molecule has 0 N–H and O–H groups in total. The van der Waals surface area contributed by atoms with Gasteiger partial charge < -0.3 is 0 Å². The van der Waals surface area contributed by atoms with Crippen molar-refractivity contribution >= 4 is 34.4 Å². The maximum atomic E-state index is 12.4. The Labute approximate surface area is 131 Å². The van der Waals surface area contributed by atoms with E-state index in [1.165, 1.54) is 11.8 Å². The highest BCUT2D eigenvalue weighted by atomic mass is 32.2. The summed E-state index contributed by atoms with van der Waals surface area (Å²) in [7, 11) is -1.02. The summed E-state index contributed by atoms with van der Waals surface area (Å²) in [5, 5.41) is 0. The molecule has 0 aromatic heterocycles. The van der Waals surface area contributed by atoms with Crippen LogP contribution in [0.5, 0.6) is 0 Å². The van der Waals surface area contributed by atoms with Crippen molar-refractivity contribution in [2.24, 2.45) is 0 Å². The van der Waals surface area contributed by atoms with Crippen LogP contribution in [-0.4, -0.2) is 22.5 Å². The van der Waals surface area contributed by atoms with Gasteiger partial charge in [0.15, 0.2) is 5.78 Å². The SMILES string of the molecule is CS/C(=C/c1cccc(C(=O)c2ccccc2)c1)S(C)=O. The van der Waals surface area contributed by atoms with E-state index in [-0.39, 0.29) is 5.78 Å². The van der Waals surface area contributed by atoms with Crippen LogP contribution in [0.1, 0.15) is 21.5 Å². The van der Waals surface area contributed by atoms with Gasteiger partial charge in [-0.1, -0.05) is 48.5 Å². The molecule has 0 bridgehead atoms. The molecule has 0 spiro atoms. The highest BCUT2D eigenvalue weighted by molar-refractivity contribution is 8.16. The number of thioether (sulfide) groups is 1. The predicted octanol–water partition coefficient (Wildman–Crippen LogP) is 3.96. The van der Waals surface area contributed by atoms with Crippen LogP contribution in [0.25, 0.3) is 6.08 Å². The van der Waals surface area contributed by atoms with Crippen molar-refractivity contribution in [2.75, 3.05) is 12.5 Å². The number of carbonyl (C=O) groups excluding carboxylic acids is 1. The molecule has 0 aliphatic rings. The number of hydrogen-bond acceptors (Lipinski definition) is 3. The molecule has 0 fully saturated rings. The molecule has 2 aromatic rings. The van der Waals surface area contributed by atoms with Gasteiger partial charge in [-0.3, -0.25) is 9.00 Å². The molecule has 0 heterocycles. The van der Waals surface area contributed by atoms with E-state index in [1.807, 2.05) is 48.7 Å². The molecule has 0 amide bonds. The van der Waals surface area contributed by atoms with Gasteiger partial charge in [0.1, 0.15) is 0 Å². The van der Waals surface area contributed by atoms with Crippen LogP contribution in [-0.2, 0) is 10.8 Å². The molecule has 1 unspecified atom stereocenters. The van der Waals surface area contributed by atoms with Crippen LogP contribution in [0.4, 0.5) is 0 Å². The van der Waals surface area contributed by atoms with Gasteiger partial charge in [-0.2, -0.15) is 0 Å². The summed E-state index contributed by atoms with van der Waals surface area (Å²) in [6.07, 6.45) is 5.41. The third kappa shape index (κ3) is 4.16. The number of hydrogen-bond donors (Lipinski definition) is 0. The summed E-state index contributed by atoms with van der Waals surface area (Å²) in [4.78, 5) is 12.4. The fourth-order valence-corrected chi connectivity index (χ4v) is 3.42. The molecule has 0 radical (unpaired) electrons. The first-order valence-electron chi connectivity index (χ1n) is 6.40. The van der Waals surface area contributed by atoms with Crippen LogP contribution in [0.15, 0.2) is 58.8 Å². The minimum Gasteiger partial charge on any atom is -0.289 e. The van der Waals surface area contributed by atoms with Crippen molar-refractivity contribution in [1.82, 2.24) is 0 Å². The number of benzene rings is 2. The van der Waals surface area contributed by atoms with Crippen molar-refractivity contribution in [2.45, 2.75) is 0 Å². The highest BCUT2D eigenvalue weighted by Crippen LogP contribution is 2.20. The van der Waals surface area contributed by atoms with E-state index in [4.69, 9.17) is 0 Å². The third-order valence-corrected chi connectivity index (χ3v) is 5.36. The van der Waals surface area contributed by atoms with E-state index in [0.717, 1.165) is 9.80 Å². The predicted molar refractivity (Wildman–Crippen MR) is 91.9 cm³/mol. The molecule has 4 heteroatoms. The monoisotopic (exact) mass is 316 g/mol. The summed E-state index contributed by atoms with van der Waals surface area (Å²) in [5.41, 5.74) is 2.19. The number of carbonyl (C=O) groups is 1. The molecule has 0 aliphatic heterocycles. The Kier molecular flexibility index (Phi) is 5.53. The molecule has 0 aliphatic carbocycles. The highest BCUT2D eigenvalue weighted by Gasteiger charge is 2.09. The zero-order valence-corrected chi connectivity index (χ0v) is 13.5. The molecule has 1 atom stereocenters. The van der Waals surface area contributed by atoms with E-state index in [9.17, 15) is 9.00 Å². The Balaban J connectivity index is 2.34. The lowest BCUT2D eigenvalue weighted by molar-refractivity contribution is 0.103. The quantitative estimate of drug-likeness (QED) is 0.783. The van der Waals surface area contributed by atoms with Crippen LogP contribution >= 0.6 is 11.8 Å². The minimum absolute atomic E-state index is 0.00540. The summed E-state index contributed by atoms with van der Waals surface area (Å²) < 4.78 is 12.4. The van der Waals surface area contributed by atoms with E-state index < -0.39 is 10.8 Å². The Bertz CT molecular complexity index is 691. The molecular formula is C17H16O2S2. The fourth-order valence-electron chi connectivity index (χ4n) is 1.92. The van der Waals surface area contributed by atoms with Gasteiger partial charge in [0.05, 0.1) is 15.0 Å².